The van der Waals surface area contributed by atoms with Crippen molar-refractivity contribution in [3.8, 4) is 5.75 Å². The first-order valence-electron chi connectivity index (χ1n) is 4.93. The van der Waals surface area contributed by atoms with Gasteiger partial charge in [0.05, 0.1) is 0 Å². The average Bonchev–Trinajstić information content (AvgIpc) is 2.31. The van der Waals surface area contributed by atoms with Crippen LogP contribution in [0.4, 0.5) is 0 Å². The predicted molar refractivity (Wildman–Crippen MR) is 65.9 cm³/mol. The molecule has 0 aliphatic rings. The Morgan fingerprint density at radius 1 is 0.750 bits per heavy atom. The second-order valence-electron chi connectivity index (χ2n) is 3.39. The Labute approximate surface area is 94.5 Å². The molecular weight excluding hydrogens is 223 g/mol. The summed E-state index contributed by atoms with van der Waals surface area (Å²) in [7, 11) is -3.82. The molecule has 0 spiro atoms. The van der Waals surface area contributed by atoms with Crippen LogP contribution in [0.25, 0.3) is 0 Å². The molecular formula is C12H13O3P. The molecule has 0 fully saturated rings. The van der Waals surface area contributed by atoms with Crippen molar-refractivity contribution in [3.05, 3.63) is 60.7 Å². The third-order valence-corrected chi connectivity index (χ3v) is 3.76. The molecule has 84 valence electrons. The summed E-state index contributed by atoms with van der Waals surface area (Å²) in [6, 6.07) is 17.4. The van der Waals surface area contributed by atoms with Gasteiger partial charge in [-0.2, -0.15) is 0 Å². The van der Waals surface area contributed by atoms with Crippen LogP contribution >= 0.6 is 7.94 Å². The van der Waals surface area contributed by atoms with E-state index in [2.05, 4.69) is 0 Å². The average molecular weight is 236 g/mol. The topological polar surface area (TPSA) is 49.7 Å². The van der Waals surface area contributed by atoms with Gasteiger partial charge >= 0.3 is 94.0 Å². The van der Waals surface area contributed by atoms with Crippen molar-refractivity contribution in [2.45, 2.75) is 0 Å². The number of benzene rings is 2. The summed E-state index contributed by atoms with van der Waals surface area (Å²) >= 11 is 0. The van der Waals surface area contributed by atoms with Gasteiger partial charge in [-0.1, -0.05) is 0 Å². The van der Waals surface area contributed by atoms with Gasteiger partial charge in [0.25, 0.3) is 0 Å². The zero-order chi connectivity index (χ0) is 11.4. The number of hydrogen-bond donors (Lipinski definition) is 2. The molecule has 0 aromatic heterocycles. The van der Waals surface area contributed by atoms with Gasteiger partial charge in [0.1, 0.15) is 0 Å². The first kappa shape index (κ1) is 11.1. The normalized spacial score (nSPS) is 12.1. The van der Waals surface area contributed by atoms with Crippen LogP contribution in [0.1, 0.15) is 0 Å². The first-order valence-corrected chi connectivity index (χ1v) is 6.73. The number of hydrogen-bond acceptors (Lipinski definition) is 3. The van der Waals surface area contributed by atoms with E-state index in [1.165, 1.54) is 0 Å². The second-order valence-corrected chi connectivity index (χ2v) is 5.39. The van der Waals surface area contributed by atoms with Gasteiger partial charge in [0.15, 0.2) is 0 Å². The quantitative estimate of drug-likeness (QED) is 0.800. The maximum absolute atomic E-state index is 9.91. The van der Waals surface area contributed by atoms with E-state index in [1.807, 2.05) is 12.1 Å². The van der Waals surface area contributed by atoms with Crippen molar-refractivity contribution in [2.75, 3.05) is 0 Å². The molecule has 0 saturated heterocycles. The molecule has 4 heteroatoms. The monoisotopic (exact) mass is 236 g/mol. The maximum atomic E-state index is 9.91. The van der Waals surface area contributed by atoms with E-state index in [9.17, 15) is 9.79 Å². The SMILES string of the molecule is O[PH](O)(Oc1ccccc1)c1ccccc1. The standard InChI is InChI=1S/C12H13O3P/c13-16(14,12-9-5-2-6-10-12)15-11-7-3-1-4-8-11/h1-10,13-14,16H. The van der Waals surface area contributed by atoms with Gasteiger partial charge in [-0.25, -0.2) is 0 Å². The van der Waals surface area contributed by atoms with Gasteiger partial charge in [-0.15, -0.1) is 0 Å². The van der Waals surface area contributed by atoms with Gasteiger partial charge in [0, 0.05) is 0 Å². The second kappa shape index (κ2) is 4.62. The van der Waals surface area contributed by atoms with Crippen LogP contribution in [0, 0.1) is 0 Å². The molecule has 0 bridgehead atoms. The molecule has 2 N–H and O–H groups in total. The fourth-order valence-corrected chi connectivity index (χ4v) is 2.58. The third-order valence-electron chi connectivity index (χ3n) is 2.15. The molecule has 2 aromatic carbocycles. The molecule has 2 aromatic rings. The van der Waals surface area contributed by atoms with Crippen molar-refractivity contribution in [2.24, 2.45) is 0 Å². The van der Waals surface area contributed by atoms with Crippen molar-refractivity contribution in [1.82, 2.24) is 0 Å². The van der Waals surface area contributed by atoms with Crippen molar-refractivity contribution < 1.29 is 14.3 Å². The summed E-state index contributed by atoms with van der Waals surface area (Å²) in [5.74, 6) is 0.461. The van der Waals surface area contributed by atoms with Gasteiger partial charge < -0.3 is 0 Å². The Bertz CT molecular complexity index is 442. The fraction of sp³-hybridized carbons (Fsp3) is 0. The van der Waals surface area contributed by atoms with Crippen LogP contribution in [-0.2, 0) is 0 Å². The Balaban J connectivity index is 2.21. The van der Waals surface area contributed by atoms with E-state index >= 15 is 0 Å². The molecule has 16 heavy (non-hydrogen) atoms. The molecule has 0 unspecified atom stereocenters. The minimum atomic E-state index is -3.82. The van der Waals surface area contributed by atoms with Gasteiger partial charge in [0.2, 0.25) is 0 Å². The van der Waals surface area contributed by atoms with Gasteiger partial charge in [-0.3, -0.25) is 0 Å². The van der Waals surface area contributed by atoms with Crippen molar-refractivity contribution >= 4 is 13.2 Å². The number of para-hydroxylation sites is 1. The summed E-state index contributed by atoms with van der Waals surface area (Å²) in [6.07, 6.45) is 0. The van der Waals surface area contributed by atoms with Crippen molar-refractivity contribution in [1.29, 1.82) is 0 Å². The fourth-order valence-electron chi connectivity index (χ4n) is 1.37. The Morgan fingerprint density at radius 2 is 1.25 bits per heavy atom. The van der Waals surface area contributed by atoms with E-state index < -0.39 is 7.94 Å². The van der Waals surface area contributed by atoms with Crippen LogP contribution in [0.15, 0.2) is 60.7 Å². The van der Waals surface area contributed by atoms with E-state index in [0.29, 0.717) is 11.1 Å². The van der Waals surface area contributed by atoms with E-state index in [4.69, 9.17) is 4.52 Å². The summed E-state index contributed by atoms with van der Waals surface area (Å²) in [5, 5.41) is 0.429. The van der Waals surface area contributed by atoms with Gasteiger partial charge in [-0.05, 0) is 0 Å². The first-order chi connectivity index (χ1) is 7.68. The molecule has 0 saturated carbocycles. The summed E-state index contributed by atoms with van der Waals surface area (Å²) in [4.78, 5) is 19.8. The minimum absolute atomic E-state index is 0.429. The van der Waals surface area contributed by atoms with Crippen LogP contribution in [-0.4, -0.2) is 9.79 Å². The molecule has 0 heterocycles. The summed E-state index contributed by atoms with van der Waals surface area (Å²) in [6.45, 7) is 0. The van der Waals surface area contributed by atoms with Crippen LogP contribution in [0.3, 0.4) is 0 Å². The molecule has 0 aliphatic carbocycles. The molecule has 0 atom stereocenters. The molecule has 2 rings (SSSR count). The third kappa shape index (κ3) is 2.58. The Morgan fingerprint density at radius 3 is 1.81 bits per heavy atom. The van der Waals surface area contributed by atoms with Crippen molar-refractivity contribution in [3.63, 3.8) is 0 Å². The Kier molecular flexibility index (Phi) is 3.20. The van der Waals surface area contributed by atoms with E-state index in [-0.39, 0.29) is 0 Å². The zero-order valence-electron chi connectivity index (χ0n) is 8.58. The van der Waals surface area contributed by atoms with E-state index in [0.717, 1.165) is 0 Å². The molecule has 0 radical (unpaired) electrons. The summed E-state index contributed by atoms with van der Waals surface area (Å²) < 4.78 is 5.24. The summed E-state index contributed by atoms with van der Waals surface area (Å²) in [5.41, 5.74) is 0. The van der Waals surface area contributed by atoms with Crippen LogP contribution < -0.4 is 9.83 Å². The zero-order valence-corrected chi connectivity index (χ0v) is 9.58. The molecule has 0 amide bonds. The Hall–Kier alpha value is -1.41. The van der Waals surface area contributed by atoms with E-state index in [1.54, 1.807) is 48.5 Å². The molecule has 0 aliphatic heterocycles. The van der Waals surface area contributed by atoms with Crippen LogP contribution in [0.2, 0.25) is 0 Å². The predicted octanol–water partition coefficient (Wildman–Crippen LogP) is 1.87. The van der Waals surface area contributed by atoms with Crippen LogP contribution in [0.5, 0.6) is 5.75 Å². The number of rotatable bonds is 3. The molecule has 3 nitrogen and oxygen atoms in total.